The van der Waals surface area contributed by atoms with Crippen molar-refractivity contribution in [1.29, 1.82) is 0 Å². The van der Waals surface area contributed by atoms with Gasteiger partial charge < -0.3 is 5.73 Å². The molecule has 27 heavy (non-hydrogen) atoms. The summed E-state index contributed by atoms with van der Waals surface area (Å²) in [6, 6.07) is 21.6. The van der Waals surface area contributed by atoms with E-state index in [-0.39, 0.29) is 16.2 Å². The second-order valence-corrected chi connectivity index (χ2v) is 7.55. The summed E-state index contributed by atoms with van der Waals surface area (Å²) in [5.74, 6) is -0.297. The predicted octanol–water partition coefficient (Wildman–Crippen LogP) is 3.97. The molecule has 6 heteroatoms. The number of hydrogen-bond donors (Lipinski definition) is 2. The molecule has 5 nitrogen and oxygen atoms in total. The minimum absolute atomic E-state index is 0.0227. The Bertz CT molecular complexity index is 1090. The molecule has 0 heterocycles. The molecule has 0 aliphatic heterocycles. The highest BCUT2D eigenvalue weighted by atomic mass is 32.2. The van der Waals surface area contributed by atoms with Crippen LogP contribution in [0.1, 0.15) is 15.9 Å². The highest BCUT2D eigenvalue weighted by Gasteiger charge is 2.15. The summed E-state index contributed by atoms with van der Waals surface area (Å²) in [5, 5.41) is 0. The lowest BCUT2D eigenvalue weighted by molar-refractivity contribution is 0.104. The maximum Gasteiger partial charge on any atom is 0.261 e. The molecule has 0 saturated carbocycles. The fourth-order valence-corrected chi connectivity index (χ4v) is 3.57. The maximum absolute atomic E-state index is 12.5. The first kappa shape index (κ1) is 18.4. The van der Waals surface area contributed by atoms with Crippen LogP contribution in [0.5, 0.6) is 0 Å². The van der Waals surface area contributed by atoms with E-state index in [1.807, 2.05) is 6.07 Å². The molecule has 0 spiro atoms. The van der Waals surface area contributed by atoms with Crippen molar-refractivity contribution in [3.8, 4) is 0 Å². The molecule has 0 atom stereocenters. The van der Waals surface area contributed by atoms with E-state index in [0.717, 1.165) is 5.56 Å². The Morgan fingerprint density at radius 1 is 0.889 bits per heavy atom. The average molecular weight is 378 g/mol. The highest BCUT2D eigenvalue weighted by molar-refractivity contribution is 7.92. The van der Waals surface area contributed by atoms with E-state index >= 15 is 0 Å². The van der Waals surface area contributed by atoms with Crippen molar-refractivity contribution in [3.63, 3.8) is 0 Å². The quantitative estimate of drug-likeness (QED) is 0.386. The summed E-state index contributed by atoms with van der Waals surface area (Å²) >= 11 is 0. The molecule has 3 aromatic rings. The second-order valence-electron chi connectivity index (χ2n) is 5.87. The van der Waals surface area contributed by atoms with Crippen molar-refractivity contribution in [3.05, 3.63) is 96.1 Å². The fraction of sp³-hybridized carbons (Fsp3) is 0. The van der Waals surface area contributed by atoms with E-state index in [2.05, 4.69) is 4.72 Å². The van der Waals surface area contributed by atoms with Crippen molar-refractivity contribution in [2.24, 2.45) is 0 Å². The molecular formula is C21H18N2O3S. The van der Waals surface area contributed by atoms with Gasteiger partial charge in [-0.25, -0.2) is 8.42 Å². The van der Waals surface area contributed by atoms with Crippen molar-refractivity contribution < 1.29 is 13.2 Å². The topological polar surface area (TPSA) is 89.3 Å². The monoisotopic (exact) mass is 378 g/mol. The molecule has 3 rings (SSSR count). The molecule has 0 fully saturated rings. The Morgan fingerprint density at radius 2 is 1.63 bits per heavy atom. The van der Waals surface area contributed by atoms with Gasteiger partial charge in [-0.05, 0) is 48.0 Å². The van der Waals surface area contributed by atoms with Crippen LogP contribution in [0.3, 0.4) is 0 Å². The zero-order chi connectivity index (χ0) is 19.3. The molecule has 0 aliphatic rings. The minimum Gasteiger partial charge on any atom is -0.399 e. The number of hydrogen-bond acceptors (Lipinski definition) is 4. The number of para-hydroxylation sites is 1. The number of allylic oxidation sites excluding steroid dienone is 1. The smallest absolute Gasteiger partial charge is 0.261 e. The van der Waals surface area contributed by atoms with Crippen LogP contribution in [0.25, 0.3) is 6.08 Å². The SMILES string of the molecule is Nc1cccc(/C=C/C(=O)c2cccc(S(=O)(=O)Nc3ccccc3)c2)c1. The number of rotatable bonds is 6. The van der Waals surface area contributed by atoms with Crippen molar-refractivity contribution >= 4 is 33.3 Å². The van der Waals surface area contributed by atoms with Gasteiger partial charge in [-0.15, -0.1) is 0 Å². The number of nitrogen functional groups attached to an aromatic ring is 1. The molecule has 0 amide bonds. The molecule has 0 aromatic heterocycles. The van der Waals surface area contributed by atoms with Crippen molar-refractivity contribution in [2.75, 3.05) is 10.5 Å². The van der Waals surface area contributed by atoms with Gasteiger partial charge in [0.05, 0.1) is 4.90 Å². The fourth-order valence-electron chi connectivity index (χ4n) is 2.47. The Balaban J connectivity index is 1.81. The van der Waals surface area contributed by atoms with Crippen LogP contribution >= 0.6 is 0 Å². The number of ketones is 1. The van der Waals surface area contributed by atoms with Gasteiger partial charge in [0.1, 0.15) is 0 Å². The summed E-state index contributed by atoms with van der Waals surface area (Å²) < 4.78 is 27.6. The van der Waals surface area contributed by atoms with Gasteiger partial charge in [0, 0.05) is 16.9 Å². The zero-order valence-corrected chi connectivity index (χ0v) is 15.2. The Hall–Kier alpha value is -3.38. The van der Waals surface area contributed by atoms with Crippen LogP contribution in [0.15, 0.2) is 89.8 Å². The van der Waals surface area contributed by atoms with Gasteiger partial charge in [0.15, 0.2) is 5.78 Å². The van der Waals surface area contributed by atoms with E-state index in [1.165, 1.54) is 18.2 Å². The van der Waals surface area contributed by atoms with Crippen LogP contribution in [0, 0.1) is 0 Å². The van der Waals surface area contributed by atoms with Crippen LogP contribution in [-0.4, -0.2) is 14.2 Å². The standard InChI is InChI=1S/C21H18N2O3S/c22-18-8-4-6-16(14-18)12-13-21(24)17-7-5-11-20(15-17)27(25,26)23-19-9-2-1-3-10-19/h1-15,23H,22H2/b13-12+. The van der Waals surface area contributed by atoms with Crippen LogP contribution in [0.4, 0.5) is 11.4 Å². The molecular weight excluding hydrogens is 360 g/mol. The lowest BCUT2D eigenvalue weighted by Crippen LogP contribution is -2.13. The molecule has 3 N–H and O–H groups in total. The van der Waals surface area contributed by atoms with Gasteiger partial charge in [-0.2, -0.15) is 0 Å². The molecule has 0 unspecified atom stereocenters. The van der Waals surface area contributed by atoms with Gasteiger partial charge in [-0.3, -0.25) is 9.52 Å². The number of nitrogens with two attached hydrogens (primary N) is 1. The molecule has 0 radical (unpaired) electrons. The maximum atomic E-state index is 12.5. The summed E-state index contributed by atoms with van der Waals surface area (Å²) in [5.41, 5.74) is 7.84. The number of nitrogens with one attached hydrogen (secondary N) is 1. The highest BCUT2D eigenvalue weighted by Crippen LogP contribution is 2.18. The molecule has 0 bridgehead atoms. The number of carbonyl (C=O) groups is 1. The van der Waals surface area contributed by atoms with Crippen LogP contribution in [0.2, 0.25) is 0 Å². The Kier molecular flexibility index (Phi) is 5.38. The van der Waals surface area contributed by atoms with E-state index in [1.54, 1.807) is 66.7 Å². The molecule has 0 aliphatic carbocycles. The first-order valence-corrected chi connectivity index (χ1v) is 9.68. The van der Waals surface area contributed by atoms with Gasteiger partial charge in [0.25, 0.3) is 10.0 Å². The van der Waals surface area contributed by atoms with E-state index in [9.17, 15) is 13.2 Å². The first-order chi connectivity index (χ1) is 12.9. The van der Waals surface area contributed by atoms with Gasteiger partial charge in [-0.1, -0.05) is 48.5 Å². The third-order valence-electron chi connectivity index (χ3n) is 3.79. The van der Waals surface area contributed by atoms with E-state index in [4.69, 9.17) is 5.73 Å². The van der Waals surface area contributed by atoms with Gasteiger partial charge in [0.2, 0.25) is 0 Å². The summed E-state index contributed by atoms with van der Waals surface area (Å²) in [4.78, 5) is 12.4. The van der Waals surface area contributed by atoms with Gasteiger partial charge >= 0.3 is 0 Å². The second kappa shape index (κ2) is 7.88. The summed E-state index contributed by atoms with van der Waals surface area (Å²) in [7, 11) is -3.78. The molecule has 3 aromatic carbocycles. The third-order valence-corrected chi connectivity index (χ3v) is 5.17. The first-order valence-electron chi connectivity index (χ1n) is 8.20. The minimum atomic E-state index is -3.78. The number of sulfonamides is 1. The Labute approximate surface area is 158 Å². The lowest BCUT2D eigenvalue weighted by Gasteiger charge is -2.08. The Morgan fingerprint density at radius 3 is 2.37 bits per heavy atom. The summed E-state index contributed by atoms with van der Waals surface area (Å²) in [6.45, 7) is 0. The third kappa shape index (κ3) is 4.83. The normalized spacial score (nSPS) is 11.4. The number of benzene rings is 3. The van der Waals surface area contributed by atoms with Crippen LogP contribution in [-0.2, 0) is 10.0 Å². The van der Waals surface area contributed by atoms with Crippen molar-refractivity contribution in [1.82, 2.24) is 0 Å². The summed E-state index contributed by atoms with van der Waals surface area (Å²) in [6.07, 6.45) is 3.03. The van der Waals surface area contributed by atoms with E-state index < -0.39 is 10.0 Å². The van der Waals surface area contributed by atoms with Crippen molar-refractivity contribution in [2.45, 2.75) is 4.90 Å². The molecule has 136 valence electrons. The zero-order valence-electron chi connectivity index (χ0n) is 14.4. The molecule has 0 saturated heterocycles. The average Bonchev–Trinajstić information content (AvgIpc) is 2.67. The number of carbonyl (C=O) groups excluding carboxylic acids is 1. The predicted molar refractivity (Wildman–Crippen MR) is 108 cm³/mol. The van der Waals surface area contributed by atoms with E-state index in [0.29, 0.717) is 11.4 Å². The lowest BCUT2D eigenvalue weighted by atomic mass is 10.1. The number of anilines is 2. The van der Waals surface area contributed by atoms with Crippen LogP contribution < -0.4 is 10.5 Å². The largest absolute Gasteiger partial charge is 0.399 e.